The van der Waals surface area contributed by atoms with Crippen molar-refractivity contribution >= 4 is 13.3 Å². The van der Waals surface area contributed by atoms with Gasteiger partial charge in [0.2, 0.25) is 0 Å². The van der Waals surface area contributed by atoms with Crippen LogP contribution >= 0.6 is 7.60 Å². The highest BCUT2D eigenvalue weighted by molar-refractivity contribution is 7.71. The van der Waals surface area contributed by atoms with E-state index in [0.29, 0.717) is 12.8 Å². The van der Waals surface area contributed by atoms with Crippen LogP contribution in [0, 0.1) is 0 Å². The Hall–Kier alpha value is -0.380. The predicted octanol–water partition coefficient (Wildman–Crippen LogP) is 3.19. The fourth-order valence-corrected chi connectivity index (χ4v) is 2.09. The Labute approximate surface area is 90.6 Å². The van der Waals surface area contributed by atoms with E-state index in [2.05, 4.69) is 0 Å². The Kier molecular flexibility index (Phi) is 7.65. The standard InChI is InChI=1S/C9H19O5P/c1-4-7-12-9(10)15(11,13-6-3)14-8-5-2/h4-8H2,1-3H3. The van der Waals surface area contributed by atoms with Gasteiger partial charge in [0.25, 0.3) is 0 Å². The number of hydrogen-bond acceptors (Lipinski definition) is 5. The lowest BCUT2D eigenvalue weighted by Gasteiger charge is -2.15. The monoisotopic (exact) mass is 238 g/mol. The number of hydrogen-bond donors (Lipinski definition) is 0. The van der Waals surface area contributed by atoms with Crippen LogP contribution in [0.25, 0.3) is 0 Å². The zero-order chi connectivity index (χ0) is 11.7. The molecule has 1 unspecified atom stereocenters. The van der Waals surface area contributed by atoms with Crippen molar-refractivity contribution in [2.45, 2.75) is 33.6 Å². The molecular formula is C9H19O5P. The van der Waals surface area contributed by atoms with Gasteiger partial charge in [0.15, 0.2) is 0 Å². The topological polar surface area (TPSA) is 61.8 Å². The molecule has 90 valence electrons. The fourth-order valence-electron chi connectivity index (χ4n) is 0.793. The Bertz CT molecular complexity index is 229. The lowest BCUT2D eigenvalue weighted by atomic mass is 10.5. The third-order valence-electron chi connectivity index (χ3n) is 1.42. The van der Waals surface area contributed by atoms with E-state index >= 15 is 0 Å². The van der Waals surface area contributed by atoms with Crippen LogP contribution in [0.15, 0.2) is 0 Å². The molecule has 5 nitrogen and oxygen atoms in total. The zero-order valence-electron chi connectivity index (χ0n) is 9.52. The van der Waals surface area contributed by atoms with Crippen molar-refractivity contribution in [2.24, 2.45) is 0 Å². The molecule has 1 atom stereocenters. The maximum atomic E-state index is 11.9. The van der Waals surface area contributed by atoms with Gasteiger partial charge in [0.1, 0.15) is 0 Å². The summed E-state index contributed by atoms with van der Waals surface area (Å²) in [6, 6.07) is 0. The van der Waals surface area contributed by atoms with E-state index in [1.807, 2.05) is 13.8 Å². The van der Waals surface area contributed by atoms with Gasteiger partial charge in [0, 0.05) is 0 Å². The summed E-state index contributed by atoms with van der Waals surface area (Å²) in [6.07, 6.45) is 1.34. The summed E-state index contributed by atoms with van der Waals surface area (Å²) in [4.78, 5) is 11.4. The Morgan fingerprint density at radius 1 is 1.07 bits per heavy atom. The molecule has 0 radical (unpaired) electrons. The number of carbonyl (C=O) groups excluding carboxylic acids is 1. The summed E-state index contributed by atoms with van der Waals surface area (Å²) < 4.78 is 26.4. The molecule has 0 spiro atoms. The maximum absolute atomic E-state index is 11.9. The Balaban J connectivity index is 4.33. The van der Waals surface area contributed by atoms with Gasteiger partial charge in [-0.2, -0.15) is 0 Å². The van der Waals surface area contributed by atoms with Gasteiger partial charge in [-0.3, -0.25) is 0 Å². The minimum atomic E-state index is -3.72. The van der Waals surface area contributed by atoms with Gasteiger partial charge in [-0.05, 0) is 19.8 Å². The second kappa shape index (κ2) is 7.85. The average molecular weight is 238 g/mol. The molecule has 0 saturated carbocycles. The average Bonchev–Trinajstić information content (AvgIpc) is 2.23. The van der Waals surface area contributed by atoms with Gasteiger partial charge in [-0.1, -0.05) is 13.8 Å². The van der Waals surface area contributed by atoms with E-state index in [1.54, 1.807) is 6.92 Å². The highest BCUT2D eigenvalue weighted by atomic mass is 31.2. The van der Waals surface area contributed by atoms with Gasteiger partial charge in [-0.25, -0.2) is 9.36 Å². The summed E-state index contributed by atoms with van der Waals surface area (Å²) >= 11 is 0. The molecule has 0 aliphatic rings. The molecule has 0 heterocycles. The molecule has 0 rings (SSSR count). The molecule has 15 heavy (non-hydrogen) atoms. The molecule has 0 bridgehead atoms. The molecule has 0 aromatic carbocycles. The summed E-state index contributed by atoms with van der Waals surface area (Å²) in [7, 11) is -3.72. The van der Waals surface area contributed by atoms with Gasteiger partial charge < -0.3 is 13.8 Å². The highest BCUT2D eigenvalue weighted by Gasteiger charge is 2.36. The largest absolute Gasteiger partial charge is 0.457 e. The fraction of sp³-hybridized carbons (Fsp3) is 0.889. The van der Waals surface area contributed by atoms with Crippen molar-refractivity contribution < 1.29 is 23.1 Å². The molecule has 0 N–H and O–H groups in total. The van der Waals surface area contributed by atoms with Crippen molar-refractivity contribution in [3.8, 4) is 0 Å². The van der Waals surface area contributed by atoms with Crippen molar-refractivity contribution in [2.75, 3.05) is 19.8 Å². The minimum Gasteiger partial charge on any atom is -0.457 e. The van der Waals surface area contributed by atoms with E-state index in [4.69, 9.17) is 13.8 Å². The van der Waals surface area contributed by atoms with Crippen LogP contribution in [0.1, 0.15) is 33.6 Å². The van der Waals surface area contributed by atoms with E-state index in [-0.39, 0.29) is 19.8 Å². The molecule has 6 heteroatoms. The van der Waals surface area contributed by atoms with Crippen molar-refractivity contribution in [3.63, 3.8) is 0 Å². The van der Waals surface area contributed by atoms with E-state index < -0.39 is 13.3 Å². The summed E-state index contributed by atoms with van der Waals surface area (Å²) in [5.74, 6) is 0. The predicted molar refractivity (Wildman–Crippen MR) is 57.1 cm³/mol. The smallest absolute Gasteiger partial charge is 0.438 e. The van der Waals surface area contributed by atoms with Gasteiger partial charge in [-0.15, -0.1) is 0 Å². The first kappa shape index (κ1) is 14.6. The summed E-state index contributed by atoms with van der Waals surface area (Å²) in [5, 5.41) is 0. The van der Waals surface area contributed by atoms with Crippen molar-refractivity contribution in [3.05, 3.63) is 0 Å². The lowest BCUT2D eigenvalue weighted by molar-refractivity contribution is 0.147. The summed E-state index contributed by atoms with van der Waals surface area (Å²) in [5.41, 5.74) is -0.889. The second-order valence-corrected chi connectivity index (χ2v) is 4.74. The summed E-state index contributed by atoms with van der Waals surface area (Å²) in [6.45, 7) is 5.96. The normalized spacial score (nSPS) is 14.6. The third-order valence-corrected chi connectivity index (χ3v) is 3.11. The van der Waals surface area contributed by atoms with Crippen molar-refractivity contribution in [1.29, 1.82) is 0 Å². The molecule has 0 aromatic rings. The van der Waals surface area contributed by atoms with E-state index in [0.717, 1.165) is 0 Å². The van der Waals surface area contributed by atoms with Crippen LogP contribution in [0.5, 0.6) is 0 Å². The van der Waals surface area contributed by atoms with E-state index in [9.17, 15) is 9.36 Å². The zero-order valence-corrected chi connectivity index (χ0v) is 10.4. The number of ether oxygens (including phenoxy) is 1. The molecule has 0 aliphatic carbocycles. The first-order valence-corrected chi connectivity index (χ1v) is 6.71. The van der Waals surface area contributed by atoms with Gasteiger partial charge >= 0.3 is 13.3 Å². The molecule has 0 aromatic heterocycles. The maximum Gasteiger partial charge on any atom is 0.438 e. The molecule has 0 aliphatic heterocycles. The van der Waals surface area contributed by atoms with Gasteiger partial charge in [0.05, 0.1) is 19.8 Å². The van der Waals surface area contributed by atoms with Crippen molar-refractivity contribution in [1.82, 2.24) is 0 Å². The first-order chi connectivity index (χ1) is 7.10. The van der Waals surface area contributed by atoms with Crippen LogP contribution in [0.4, 0.5) is 4.79 Å². The number of carbonyl (C=O) groups is 1. The van der Waals surface area contributed by atoms with Crippen LogP contribution in [-0.4, -0.2) is 25.5 Å². The van der Waals surface area contributed by atoms with Crippen LogP contribution in [0.3, 0.4) is 0 Å². The molecule has 0 amide bonds. The van der Waals surface area contributed by atoms with E-state index in [1.165, 1.54) is 0 Å². The Morgan fingerprint density at radius 2 is 1.67 bits per heavy atom. The van der Waals surface area contributed by atoms with Crippen LogP contribution < -0.4 is 0 Å². The quantitative estimate of drug-likeness (QED) is 0.607. The molecule has 0 fully saturated rings. The minimum absolute atomic E-state index is 0.155. The molecular weight excluding hydrogens is 219 g/mol. The Morgan fingerprint density at radius 3 is 2.13 bits per heavy atom. The lowest BCUT2D eigenvalue weighted by Crippen LogP contribution is -2.10. The number of rotatable bonds is 8. The third kappa shape index (κ3) is 5.30. The van der Waals surface area contributed by atoms with Crippen LogP contribution in [-0.2, 0) is 18.3 Å². The first-order valence-electron chi connectivity index (χ1n) is 5.17. The molecule has 0 saturated heterocycles. The van der Waals surface area contributed by atoms with Crippen LogP contribution in [0.2, 0.25) is 0 Å². The SMILES string of the molecule is CCCOC(=O)P(=O)(OCC)OCCC. The highest BCUT2D eigenvalue weighted by Crippen LogP contribution is 2.50. The second-order valence-electron chi connectivity index (χ2n) is 2.86.